The highest BCUT2D eigenvalue weighted by Crippen LogP contribution is 2.21. The van der Waals surface area contributed by atoms with Gasteiger partial charge in [-0.1, -0.05) is 12.5 Å². The molecule has 1 fully saturated rings. The Morgan fingerprint density at radius 3 is 2.86 bits per heavy atom. The van der Waals surface area contributed by atoms with Crippen molar-refractivity contribution >= 4 is 15.9 Å². The van der Waals surface area contributed by atoms with E-state index in [4.69, 9.17) is 0 Å². The van der Waals surface area contributed by atoms with Crippen molar-refractivity contribution in [3.8, 4) is 0 Å². The first kappa shape index (κ1) is 15.9. The third-order valence-corrected chi connectivity index (χ3v) is 4.97. The number of piperidine rings is 1. The Labute approximate surface area is 125 Å². The van der Waals surface area contributed by atoms with Crippen molar-refractivity contribution in [1.82, 2.24) is 14.2 Å². The second kappa shape index (κ2) is 6.53. The largest absolute Gasteiger partial charge is 0.340 e. The van der Waals surface area contributed by atoms with Crippen molar-refractivity contribution in [2.75, 3.05) is 19.8 Å². The summed E-state index contributed by atoms with van der Waals surface area (Å²) in [6.45, 7) is 0.858. The highest BCUT2D eigenvalue weighted by molar-refractivity contribution is 7.88. The van der Waals surface area contributed by atoms with Crippen LogP contribution in [0, 0.1) is 0 Å². The summed E-state index contributed by atoms with van der Waals surface area (Å²) in [6, 6.07) is 3.14. The number of rotatable bonds is 4. The van der Waals surface area contributed by atoms with Gasteiger partial charge in [0.25, 0.3) is 0 Å². The van der Waals surface area contributed by atoms with E-state index in [9.17, 15) is 13.2 Å². The van der Waals surface area contributed by atoms with Crippen LogP contribution < -0.4 is 0 Å². The van der Waals surface area contributed by atoms with Crippen molar-refractivity contribution in [3.63, 3.8) is 0 Å². The van der Waals surface area contributed by atoms with E-state index in [1.807, 2.05) is 12.1 Å². The molecular weight excluding hydrogens is 290 g/mol. The molecule has 116 valence electrons. The molecule has 1 aromatic rings. The fourth-order valence-corrected chi connectivity index (χ4v) is 3.77. The molecule has 0 N–H and O–H groups in total. The summed E-state index contributed by atoms with van der Waals surface area (Å²) in [7, 11) is -1.65. The number of hydrogen-bond donors (Lipinski definition) is 0. The van der Waals surface area contributed by atoms with E-state index < -0.39 is 16.1 Å². The van der Waals surface area contributed by atoms with Crippen LogP contribution in [0.5, 0.6) is 0 Å². The van der Waals surface area contributed by atoms with Crippen molar-refractivity contribution in [2.45, 2.75) is 31.8 Å². The zero-order valence-corrected chi connectivity index (χ0v) is 13.2. The molecule has 2 heterocycles. The number of sulfonamides is 1. The Morgan fingerprint density at radius 2 is 2.24 bits per heavy atom. The van der Waals surface area contributed by atoms with Gasteiger partial charge in [-0.25, -0.2) is 8.42 Å². The molecule has 2 rings (SSSR count). The quantitative estimate of drug-likeness (QED) is 0.827. The number of nitrogens with zero attached hydrogens (tertiary/aromatic N) is 3. The Kier molecular flexibility index (Phi) is 4.95. The van der Waals surface area contributed by atoms with Crippen LogP contribution in [0.15, 0.2) is 24.5 Å². The molecule has 0 bridgehead atoms. The first-order chi connectivity index (χ1) is 9.89. The molecule has 0 radical (unpaired) electrons. The van der Waals surface area contributed by atoms with Crippen LogP contribution in [0.2, 0.25) is 0 Å². The van der Waals surface area contributed by atoms with Crippen LogP contribution in [0.1, 0.15) is 24.8 Å². The topological polar surface area (TPSA) is 70.6 Å². The predicted octanol–water partition coefficient (Wildman–Crippen LogP) is 0.854. The summed E-state index contributed by atoms with van der Waals surface area (Å²) < 4.78 is 25.0. The van der Waals surface area contributed by atoms with Crippen LogP contribution in [0.4, 0.5) is 0 Å². The minimum absolute atomic E-state index is 0.149. The van der Waals surface area contributed by atoms with Crippen LogP contribution in [-0.4, -0.2) is 54.4 Å². The molecule has 6 nitrogen and oxygen atoms in total. The summed E-state index contributed by atoms with van der Waals surface area (Å²) >= 11 is 0. The van der Waals surface area contributed by atoms with Crippen molar-refractivity contribution in [3.05, 3.63) is 30.1 Å². The first-order valence-corrected chi connectivity index (χ1v) is 8.85. The van der Waals surface area contributed by atoms with Gasteiger partial charge in [0.05, 0.1) is 6.26 Å². The van der Waals surface area contributed by atoms with Gasteiger partial charge in [-0.05, 0) is 24.5 Å². The second-order valence-electron chi connectivity index (χ2n) is 5.44. The Morgan fingerprint density at radius 1 is 1.48 bits per heavy atom. The Balaban J connectivity index is 2.10. The van der Waals surface area contributed by atoms with Gasteiger partial charge in [0, 0.05) is 32.5 Å². The average Bonchev–Trinajstić information content (AvgIpc) is 2.46. The predicted molar refractivity (Wildman–Crippen MR) is 79.9 cm³/mol. The molecule has 0 aromatic carbocycles. The van der Waals surface area contributed by atoms with Crippen molar-refractivity contribution < 1.29 is 13.2 Å². The van der Waals surface area contributed by atoms with Gasteiger partial charge in [-0.2, -0.15) is 4.31 Å². The molecule has 1 atom stereocenters. The average molecular weight is 311 g/mol. The number of hydrogen-bond acceptors (Lipinski definition) is 4. The molecule has 1 aliphatic heterocycles. The van der Waals surface area contributed by atoms with E-state index in [-0.39, 0.29) is 5.91 Å². The van der Waals surface area contributed by atoms with Crippen LogP contribution in [0.25, 0.3) is 0 Å². The van der Waals surface area contributed by atoms with Gasteiger partial charge in [0.15, 0.2) is 0 Å². The number of pyridine rings is 1. The highest BCUT2D eigenvalue weighted by Gasteiger charge is 2.35. The number of carbonyl (C=O) groups excluding carboxylic acids is 1. The van der Waals surface area contributed by atoms with Crippen molar-refractivity contribution in [2.24, 2.45) is 0 Å². The molecule has 0 spiro atoms. The molecule has 1 saturated heterocycles. The standard InChI is InChI=1S/C14H21N3O3S/c1-16(11-12-6-5-8-15-10-12)14(18)13-7-3-4-9-17(13)21(2,19)20/h5-6,8,10,13H,3-4,7,9,11H2,1-2H3/t13-/m0/s1. The number of carbonyl (C=O) groups is 1. The summed E-state index contributed by atoms with van der Waals surface area (Å²) in [4.78, 5) is 18.2. The maximum Gasteiger partial charge on any atom is 0.241 e. The lowest BCUT2D eigenvalue weighted by Crippen LogP contribution is -2.51. The third kappa shape index (κ3) is 4.01. The lowest BCUT2D eigenvalue weighted by atomic mass is 10.0. The number of likely N-dealkylation sites (N-methyl/N-ethyl adjacent to an activating group) is 1. The molecule has 0 saturated carbocycles. The molecule has 1 aromatic heterocycles. The minimum Gasteiger partial charge on any atom is -0.340 e. The van der Waals surface area contributed by atoms with E-state index in [1.54, 1.807) is 24.3 Å². The van der Waals surface area contributed by atoms with Gasteiger partial charge in [-0.3, -0.25) is 9.78 Å². The van der Waals surface area contributed by atoms with Gasteiger partial charge in [0.2, 0.25) is 15.9 Å². The molecular formula is C14H21N3O3S. The van der Waals surface area contributed by atoms with Crippen LogP contribution in [0.3, 0.4) is 0 Å². The van der Waals surface area contributed by atoms with E-state index in [0.29, 0.717) is 19.5 Å². The maximum absolute atomic E-state index is 12.6. The fraction of sp³-hybridized carbons (Fsp3) is 0.571. The first-order valence-electron chi connectivity index (χ1n) is 7.00. The van der Waals surface area contributed by atoms with Gasteiger partial charge in [-0.15, -0.1) is 0 Å². The summed E-state index contributed by atoms with van der Waals surface area (Å²) in [6.07, 6.45) is 6.83. The Hall–Kier alpha value is -1.47. The third-order valence-electron chi connectivity index (χ3n) is 3.68. The van der Waals surface area contributed by atoms with Gasteiger partial charge in [0.1, 0.15) is 6.04 Å². The lowest BCUT2D eigenvalue weighted by Gasteiger charge is -2.35. The fourth-order valence-electron chi connectivity index (χ4n) is 2.65. The monoisotopic (exact) mass is 311 g/mol. The lowest BCUT2D eigenvalue weighted by molar-refractivity contribution is -0.135. The summed E-state index contributed by atoms with van der Waals surface area (Å²) in [5, 5.41) is 0. The SMILES string of the molecule is CN(Cc1cccnc1)C(=O)[C@@H]1CCCCN1S(C)(=O)=O. The zero-order chi connectivity index (χ0) is 15.5. The zero-order valence-electron chi connectivity index (χ0n) is 12.4. The maximum atomic E-state index is 12.6. The Bertz CT molecular complexity index is 589. The van der Waals surface area contributed by atoms with E-state index >= 15 is 0 Å². The molecule has 0 unspecified atom stereocenters. The molecule has 21 heavy (non-hydrogen) atoms. The normalized spacial score (nSPS) is 20.2. The number of aromatic nitrogens is 1. The summed E-state index contributed by atoms with van der Waals surface area (Å²) in [5.74, 6) is -0.149. The molecule has 7 heteroatoms. The van der Waals surface area contributed by atoms with Crippen molar-refractivity contribution in [1.29, 1.82) is 0 Å². The van der Waals surface area contributed by atoms with E-state index in [2.05, 4.69) is 4.98 Å². The second-order valence-corrected chi connectivity index (χ2v) is 7.38. The minimum atomic E-state index is -3.35. The highest BCUT2D eigenvalue weighted by atomic mass is 32.2. The molecule has 0 aliphatic carbocycles. The summed E-state index contributed by atoms with van der Waals surface area (Å²) in [5.41, 5.74) is 0.926. The van der Waals surface area contributed by atoms with Crippen LogP contribution in [-0.2, 0) is 21.4 Å². The van der Waals surface area contributed by atoms with E-state index in [0.717, 1.165) is 18.4 Å². The van der Waals surface area contributed by atoms with Gasteiger partial charge < -0.3 is 4.90 Å². The van der Waals surface area contributed by atoms with Gasteiger partial charge >= 0.3 is 0 Å². The molecule has 1 aliphatic rings. The smallest absolute Gasteiger partial charge is 0.241 e. The van der Waals surface area contributed by atoms with E-state index in [1.165, 1.54) is 10.6 Å². The molecule has 1 amide bonds. The van der Waals surface area contributed by atoms with Crippen LogP contribution >= 0.6 is 0 Å². The number of amides is 1.